The number of benzene rings is 1. The fourth-order valence-electron chi connectivity index (χ4n) is 1.69. The molecule has 1 aromatic heterocycles. The predicted octanol–water partition coefficient (Wildman–Crippen LogP) is 2.54. The summed E-state index contributed by atoms with van der Waals surface area (Å²) in [6, 6.07) is 5.89. The van der Waals surface area contributed by atoms with Crippen molar-refractivity contribution in [2.45, 2.75) is 6.92 Å². The third kappa shape index (κ3) is 3.35. The van der Waals surface area contributed by atoms with Gasteiger partial charge in [-0.3, -0.25) is 10.1 Å². The molecule has 2 rings (SSSR count). The average Bonchev–Trinajstić information content (AvgIpc) is 2.46. The fourth-order valence-corrected chi connectivity index (χ4v) is 1.69. The SMILES string of the molecule is CNc1cc(Oc2ccc(OC)cc2[N+](=O)[O-])nc(C)n1. The molecule has 21 heavy (non-hydrogen) atoms. The summed E-state index contributed by atoms with van der Waals surface area (Å²) in [5.74, 6) is 1.74. The van der Waals surface area contributed by atoms with Crippen LogP contribution in [0.4, 0.5) is 11.5 Å². The molecule has 0 fully saturated rings. The summed E-state index contributed by atoms with van der Waals surface area (Å²) < 4.78 is 10.5. The predicted molar refractivity (Wildman–Crippen MR) is 76.0 cm³/mol. The van der Waals surface area contributed by atoms with Crippen LogP contribution in [0.15, 0.2) is 24.3 Å². The molecule has 8 heteroatoms. The van der Waals surface area contributed by atoms with Gasteiger partial charge in [0.2, 0.25) is 11.6 Å². The smallest absolute Gasteiger partial charge is 0.315 e. The fraction of sp³-hybridized carbons (Fsp3) is 0.231. The van der Waals surface area contributed by atoms with Gasteiger partial charge in [0, 0.05) is 13.1 Å². The third-order valence-electron chi connectivity index (χ3n) is 2.65. The normalized spacial score (nSPS) is 10.0. The van der Waals surface area contributed by atoms with E-state index in [0.717, 1.165) is 0 Å². The molecule has 0 amide bonds. The number of anilines is 1. The van der Waals surface area contributed by atoms with Crippen LogP contribution in [0.1, 0.15) is 5.82 Å². The van der Waals surface area contributed by atoms with Gasteiger partial charge in [-0.2, -0.15) is 4.98 Å². The van der Waals surface area contributed by atoms with E-state index in [0.29, 0.717) is 17.4 Å². The average molecular weight is 290 g/mol. The molecule has 2 aromatic rings. The highest BCUT2D eigenvalue weighted by atomic mass is 16.6. The lowest BCUT2D eigenvalue weighted by Crippen LogP contribution is -2.00. The molecule has 0 saturated heterocycles. The molecule has 110 valence electrons. The summed E-state index contributed by atoms with van der Waals surface area (Å²) in [5.41, 5.74) is -0.198. The molecule has 1 aromatic carbocycles. The second-order valence-corrected chi connectivity index (χ2v) is 4.08. The van der Waals surface area contributed by atoms with Crippen LogP contribution in [0.25, 0.3) is 0 Å². The van der Waals surface area contributed by atoms with Crippen molar-refractivity contribution in [3.05, 3.63) is 40.2 Å². The quantitative estimate of drug-likeness (QED) is 0.667. The van der Waals surface area contributed by atoms with Gasteiger partial charge in [0.15, 0.2) is 0 Å². The lowest BCUT2D eigenvalue weighted by molar-refractivity contribution is -0.385. The Hall–Kier alpha value is -2.90. The summed E-state index contributed by atoms with van der Waals surface area (Å²) in [6.45, 7) is 1.70. The number of nitro groups is 1. The second-order valence-electron chi connectivity index (χ2n) is 4.08. The van der Waals surface area contributed by atoms with Crippen molar-refractivity contribution in [3.8, 4) is 17.4 Å². The van der Waals surface area contributed by atoms with E-state index in [1.165, 1.54) is 19.2 Å². The second kappa shape index (κ2) is 6.04. The number of aryl methyl sites for hydroxylation is 1. The number of nitrogens with zero attached hydrogens (tertiary/aromatic N) is 3. The highest BCUT2D eigenvalue weighted by molar-refractivity contribution is 5.52. The number of nitro benzene ring substituents is 1. The third-order valence-corrected chi connectivity index (χ3v) is 2.65. The Labute approximate surface area is 120 Å². The number of hydrogen-bond acceptors (Lipinski definition) is 7. The molecular weight excluding hydrogens is 276 g/mol. The minimum absolute atomic E-state index is 0.0842. The van der Waals surface area contributed by atoms with Crippen molar-refractivity contribution in [2.24, 2.45) is 0 Å². The van der Waals surface area contributed by atoms with Gasteiger partial charge in [0.1, 0.15) is 17.4 Å². The maximum Gasteiger partial charge on any atom is 0.315 e. The zero-order valence-electron chi connectivity index (χ0n) is 11.8. The number of hydrogen-bond donors (Lipinski definition) is 1. The van der Waals surface area contributed by atoms with Crippen molar-refractivity contribution < 1.29 is 14.4 Å². The molecule has 0 atom stereocenters. The maximum atomic E-state index is 11.1. The van der Waals surface area contributed by atoms with Gasteiger partial charge in [0.05, 0.1) is 18.1 Å². The summed E-state index contributed by atoms with van der Waals surface area (Å²) in [7, 11) is 3.15. The first-order valence-corrected chi connectivity index (χ1v) is 6.07. The van der Waals surface area contributed by atoms with Crippen LogP contribution >= 0.6 is 0 Å². The van der Waals surface area contributed by atoms with Crippen LogP contribution in [0.2, 0.25) is 0 Å². The lowest BCUT2D eigenvalue weighted by Gasteiger charge is -2.08. The van der Waals surface area contributed by atoms with Gasteiger partial charge in [-0.15, -0.1) is 0 Å². The maximum absolute atomic E-state index is 11.1. The van der Waals surface area contributed by atoms with Crippen molar-refractivity contribution >= 4 is 11.5 Å². The van der Waals surface area contributed by atoms with Crippen LogP contribution in [-0.2, 0) is 0 Å². The van der Waals surface area contributed by atoms with Crippen LogP contribution in [0.3, 0.4) is 0 Å². The number of methoxy groups -OCH3 is 1. The summed E-state index contributed by atoms with van der Waals surface area (Å²) in [4.78, 5) is 18.8. The van der Waals surface area contributed by atoms with Gasteiger partial charge in [-0.1, -0.05) is 0 Å². The summed E-state index contributed by atoms with van der Waals surface area (Å²) in [5, 5.41) is 14.0. The van der Waals surface area contributed by atoms with Crippen LogP contribution in [-0.4, -0.2) is 29.0 Å². The van der Waals surface area contributed by atoms with Crippen molar-refractivity contribution in [2.75, 3.05) is 19.5 Å². The lowest BCUT2D eigenvalue weighted by atomic mass is 10.3. The van der Waals surface area contributed by atoms with Gasteiger partial charge < -0.3 is 14.8 Å². The van der Waals surface area contributed by atoms with Gasteiger partial charge >= 0.3 is 5.69 Å². The van der Waals surface area contributed by atoms with E-state index in [1.807, 2.05) is 0 Å². The number of nitrogens with one attached hydrogen (secondary N) is 1. The molecule has 1 heterocycles. The molecule has 1 N–H and O–H groups in total. The first-order chi connectivity index (χ1) is 10.0. The molecule has 0 aliphatic carbocycles. The Balaban J connectivity index is 2.39. The Morgan fingerprint density at radius 1 is 1.29 bits per heavy atom. The molecule has 0 unspecified atom stereocenters. The first-order valence-electron chi connectivity index (χ1n) is 6.07. The zero-order chi connectivity index (χ0) is 15.4. The Morgan fingerprint density at radius 3 is 2.67 bits per heavy atom. The molecule has 0 aliphatic rings. The van der Waals surface area contributed by atoms with E-state index in [1.54, 1.807) is 26.1 Å². The van der Waals surface area contributed by atoms with Crippen LogP contribution < -0.4 is 14.8 Å². The first kappa shape index (κ1) is 14.5. The highest BCUT2D eigenvalue weighted by Gasteiger charge is 2.18. The Kier molecular flexibility index (Phi) is 4.17. The zero-order valence-corrected chi connectivity index (χ0v) is 11.8. The van der Waals surface area contributed by atoms with E-state index in [-0.39, 0.29) is 17.3 Å². The van der Waals surface area contributed by atoms with E-state index >= 15 is 0 Å². The van der Waals surface area contributed by atoms with Crippen molar-refractivity contribution in [1.29, 1.82) is 0 Å². The van der Waals surface area contributed by atoms with E-state index in [4.69, 9.17) is 9.47 Å². The standard InChI is InChI=1S/C13H14N4O4/c1-8-15-12(14-2)7-13(16-8)21-11-5-4-9(20-3)6-10(11)17(18)19/h4-7H,1-3H3,(H,14,15,16). The molecule has 0 aliphatic heterocycles. The van der Waals surface area contributed by atoms with Crippen LogP contribution in [0, 0.1) is 17.0 Å². The van der Waals surface area contributed by atoms with Crippen molar-refractivity contribution in [3.63, 3.8) is 0 Å². The van der Waals surface area contributed by atoms with Crippen molar-refractivity contribution in [1.82, 2.24) is 9.97 Å². The summed E-state index contributed by atoms with van der Waals surface area (Å²) in [6.07, 6.45) is 0. The monoisotopic (exact) mass is 290 g/mol. The number of rotatable bonds is 5. The highest BCUT2D eigenvalue weighted by Crippen LogP contribution is 2.34. The minimum atomic E-state index is -0.537. The molecule has 8 nitrogen and oxygen atoms in total. The molecular formula is C13H14N4O4. The minimum Gasteiger partial charge on any atom is -0.496 e. The van der Waals surface area contributed by atoms with E-state index in [9.17, 15) is 10.1 Å². The summed E-state index contributed by atoms with van der Waals surface area (Å²) >= 11 is 0. The van der Waals surface area contributed by atoms with Gasteiger partial charge in [-0.25, -0.2) is 4.98 Å². The Bertz CT molecular complexity index is 675. The topological polar surface area (TPSA) is 99.4 Å². The number of aromatic nitrogens is 2. The van der Waals surface area contributed by atoms with Crippen LogP contribution in [0.5, 0.6) is 17.4 Å². The Morgan fingerprint density at radius 2 is 2.05 bits per heavy atom. The molecule has 0 saturated carbocycles. The van der Waals surface area contributed by atoms with E-state index < -0.39 is 4.92 Å². The van der Waals surface area contributed by atoms with E-state index in [2.05, 4.69) is 15.3 Å². The molecule has 0 radical (unpaired) electrons. The van der Waals surface area contributed by atoms with Gasteiger partial charge in [-0.05, 0) is 19.1 Å². The number of ether oxygens (including phenoxy) is 2. The molecule has 0 bridgehead atoms. The molecule has 0 spiro atoms. The van der Waals surface area contributed by atoms with Gasteiger partial charge in [0.25, 0.3) is 0 Å². The largest absolute Gasteiger partial charge is 0.496 e.